The molecule has 0 saturated carbocycles. The predicted octanol–water partition coefficient (Wildman–Crippen LogP) is 5.91. The Labute approximate surface area is 269 Å². The fourth-order valence-corrected chi connectivity index (χ4v) is 8.14. The van der Waals surface area contributed by atoms with Crippen LogP contribution in [0.4, 0.5) is 4.39 Å². The number of sulfonamides is 1. The van der Waals surface area contributed by atoms with Gasteiger partial charge < -0.3 is 14.8 Å². The van der Waals surface area contributed by atoms with Crippen molar-refractivity contribution in [3.8, 4) is 11.5 Å². The molecule has 0 aliphatic carbocycles. The molecule has 1 N–H and O–H groups in total. The van der Waals surface area contributed by atoms with Crippen molar-refractivity contribution in [3.63, 3.8) is 0 Å². The third kappa shape index (κ3) is 6.83. The van der Waals surface area contributed by atoms with E-state index in [-0.39, 0.29) is 18.1 Å². The summed E-state index contributed by atoms with van der Waals surface area (Å²) in [6.07, 6.45) is 0.311. The second kappa shape index (κ2) is 14.3. The van der Waals surface area contributed by atoms with E-state index in [0.29, 0.717) is 40.2 Å². The molecule has 1 amide bonds. The van der Waals surface area contributed by atoms with Gasteiger partial charge in [0.1, 0.15) is 23.4 Å². The summed E-state index contributed by atoms with van der Waals surface area (Å²) in [7, 11) is -1.02. The van der Waals surface area contributed by atoms with Crippen molar-refractivity contribution in [2.24, 2.45) is 5.92 Å². The monoisotopic (exact) mass is 644 g/mol. The summed E-state index contributed by atoms with van der Waals surface area (Å²) >= 11 is 0. The van der Waals surface area contributed by atoms with E-state index in [1.54, 1.807) is 67.6 Å². The lowest BCUT2D eigenvalue weighted by Gasteiger charge is -2.30. The lowest BCUT2D eigenvalue weighted by atomic mass is 9.76. The number of ether oxygens (including phenoxy) is 2. The minimum atomic E-state index is -4.09. The molecular weight excluding hydrogens is 607 g/mol. The third-order valence-corrected chi connectivity index (χ3v) is 10.4. The van der Waals surface area contributed by atoms with Gasteiger partial charge in [-0.25, -0.2) is 12.8 Å². The molecule has 240 valence electrons. The minimum absolute atomic E-state index is 0.0447. The molecule has 4 unspecified atom stereocenters. The van der Waals surface area contributed by atoms with Crippen molar-refractivity contribution in [2.45, 2.75) is 37.9 Å². The average Bonchev–Trinajstić information content (AvgIpc) is 3.45. The molecule has 0 aromatic heterocycles. The molecule has 4 aromatic carbocycles. The van der Waals surface area contributed by atoms with Crippen LogP contribution in [0.5, 0.6) is 11.5 Å². The second-order valence-electron chi connectivity index (χ2n) is 11.2. The summed E-state index contributed by atoms with van der Waals surface area (Å²) in [5, 5.41) is 2.89. The van der Waals surface area contributed by atoms with Gasteiger partial charge in [-0.05, 0) is 71.6 Å². The Morgan fingerprint density at radius 3 is 1.96 bits per heavy atom. The molecule has 1 aliphatic rings. The van der Waals surface area contributed by atoms with Crippen molar-refractivity contribution >= 4 is 21.7 Å². The van der Waals surface area contributed by atoms with Crippen LogP contribution in [0, 0.1) is 11.7 Å². The summed E-state index contributed by atoms with van der Waals surface area (Å²) < 4.78 is 54.1. The van der Waals surface area contributed by atoms with Gasteiger partial charge in [-0.3, -0.25) is 9.59 Å². The lowest BCUT2D eigenvalue weighted by Crippen LogP contribution is -2.49. The number of nitrogens with zero attached hydrogens (tertiary/aromatic N) is 1. The van der Waals surface area contributed by atoms with Crippen molar-refractivity contribution < 1.29 is 31.9 Å². The van der Waals surface area contributed by atoms with Crippen LogP contribution in [-0.2, 0) is 21.4 Å². The highest BCUT2D eigenvalue weighted by atomic mass is 32.2. The number of carbonyl (C=O) groups excluding carboxylic acids is 2. The molecule has 1 aliphatic heterocycles. The van der Waals surface area contributed by atoms with Crippen LogP contribution in [0.1, 0.15) is 52.4 Å². The molecule has 4 aromatic rings. The molecule has 0 spiro atoms. The molecule has 10 heteroatoms. The van der Waals surface area contributed by atoms with Gasteiger partial charge in [0.2, 0.25) is 15.9 Å². The number of hydrogen-bond donors (Lipinski definition) is 1. The third-order valence-electron chi connectivity index (χ3n) is 8.37. The number of benzene rings is 4. The van der Waals surface area contributed by atoms with Crippen molar-refractivity contribution in [1.29, 1.82) is 0 Å². The lowest BCUT2D eigenvalue weighted by molar-refractivity contribution is -0.125. The quantitative estimate of drug-likeness (QED) is 0.193. The van der Waals surface area contributed by atoms with Crippen LogP contribution in [0.2, 0.25) is 0 Å². The first-order valence-electron chi connectivity index (χ1n) is 15.1. The predicted molar refractivity (Wildman–Crippen MR) is 174 cm³/mol. The molecule has 0 bridgehead atoms. The van der Waals surface area contributed by atoms with Crippen LogP contribution in [0.3, 0.4) is 0 Å². The molecule has 0 radical (unpaired) electrons. The van der Waals surface area contributed by atoms with Gasteiger partial charge in [0, 0.05) is 18.0 Å². The number of methoxy groups -OCH3 is 2. The molecule has 1 heterocycles. The normalized spacial score (nSPS) is 19.8. The first kappa shape index (κ1) is 32.8. The van der Waals surface area contributed by atoms with Crippen LogP contribution < -0.4 is 14.8 Å². The highest BCUT2D eigenvalue weighted by Crippen LogP contribution is 2.52. The number of amides is 1. The summed E-state index contributed by atoms with van der Waals surface area (Å²) in [5.74, 6) is -2.17. The van der Waals surface area contributed by atoms with E-state index < -0.39 is 45.7 Å². The van der Waals surface area contributed by atoms with Crippen LogP contribution in [0.15, 0.2) is 103 Å². The number of carbonyl (C=O) groups is 2. The zero-order valence-corrected chi connectivity index (χ0v) is 26.7. The fraction of sp³-hybridized carbons (Fsp3) is 0.278. The number of halogens is 1. The van der Waals surface area contributed by atoms with E-state index in [1.807, 2.05) is 30.3 Å². The van der Waals surface area contributed by atoms with E-state index in [1.165, 1.54) is 30.7 Å². The number of nitrogens with one attached hydrogen (secondary N) is 1. The highest BCUT2D eigenvalue weighted by Gasteiger charge is 2.59. The van der Waals surface area contributed by atoms with Gasteiger partial charge in [0.15, 0.2) is 5.78 Å². The van der Waals surface area contributed by atoms with E-state index >= 15 is 0 Å². The van der Waals surface area contributed by atoms with Crippen LogP contribution in [-0.4, -0.2) is 50.4 Å². The number of rotatable bonds is 12. The maximum Gasteiger partial charge on any atom is 0.239 e. The first-order valence-corrected chi connectivity index (χ1v) is 16.7. The Kier molecular flexibility index (Phi) is 10.2. The number of Topliss-reactive ketones (excluding diaryl/α,β-unsaturated/α-hetero) is 1. The molecule has 1 saturated heterocycles. The van der Waals surface area contributed by atoms with E-state index in [0.717, 1.165) is 0 Å². The molecule has 5 rings (SSSR count). The van der Waals surface area contributed by atoms with Gasteiger partial charge in [-0.1, -0.05) is 61.5 Å². The van der Waals surface area contributed by atoms with Crippen molar-refractivity contribution in [1.82, 2.24) is 9.62 Å². The highest BCUT2D eigenvalue weighted by molar-refractivity contribution is 7.89. The summed E-state index contributed by atoms with van der Waals surface area (Å²) in [5.41, 5.74) is 2.22. The smallest absolute Gasteiger partial charge is 0.239 e. The van der Waals surface area contributed by atoms with Crippen LogP contribution >= 0.6 is 0 Å². The molecular formula is C36H37FN2O6S. The maximum atomic E-state index is 14.7. The fourth-order valence-electron chi connectivity index (χ4n) is 6.24. The second-order valence-corrected chi connectivity index (χ2v) is 13.2. The Morgan fingerprint density at radius 2 is 1.39 bits per heavy atom. The van der Waals surface area contributed by atoms with Gasteiger partial charge in [-0.15, -0.1) is 0 Å². The first-order chi connectivity index (χ1) is 22.2. The van der Waals surface area contributed by atoms with Crippen molar-refractivity contribution in [3.05, 3.63) is 131 Å². The molecule has 1 fully saturated rings. The van der Waals surface area contributed by atoms with Crippen molar-refractivity contribution in [2.75, 3.05) is 20.0 Å². The van der Waals surface area contributed by atoms with E-state index in [4.69, 9.17) is 9.47 Å². The maximum absolute atomic E-state index is 14.7. The largest absolute Gasteiger partial charge is 0.497 e. The summed E-state index contributed by atoms with van der Waals surface area (Å²) in [6.45, 7) is 1.80. The zero-order chi connectivity index (χ0) is 32.8. The zero-order valence-electron chi connectivity index (χ0n) is 25.9. The van der Waals surface area contributed by atoms with Gasteiger partial charge in [-0.2, -0.15) is 4.31 Å². The summed E-state index contributed by atoms with van der Waals surface area (Å²) in [4.78, 5) is 29.0. The number of ketones is 1. The SMILES string of the molecule is CCCS(=O)(=O)N1C(C(=O)NCc2ccc(F)cc2)C(c2ccccc2)C(C(=O)c2ccc(OC)cc2)C1c1ccc(OC)cc1. The topological polar surface area (TPSA) is 102 Å². The van der Waals surface area contributed by atoms with Gasteiger partial charge in [0.05, 0.1) is 31.9 Å². The minimum Gasteiger partial charge on any atom is -0.497 e. The average molecular weight is 645 g/mol. The Balaban J connectivity index is 1.71. The van der Waals surface area contributed by atoms with E-state index in [9.17, 15) is 22.4 Å². The number of hydrogen-bond acceptors (Lipinski definition) is 6. The summed E-state index contributed by atoms with van der Waals surface area (Å²) in [6, 6.07) is 26.1. The van der Waals surface area contributed by atoms with Gasteiger partial charge in [0.25, 0.3) is 0 Å². The van der Waals surface area contributed by atoms with Crippen LogP contribution in [0.25, 0.3) is 0 Å². The van der Waals surface area contributed by atoms with E-state index in [2.05, 4.69) is 5.32 Å². The Morgan fingerprint density at radius 1 is 0.804 bits per heavy atom. The van der Waals surface area contributed by atoms with Gasteiger partial charge >= 0.3 is 0 Å². The molecule has 8 nitrogen and oxygen atoms in total. The standard InChI is InChI=1S/C36H37FN2O6S/c1-4-22-46(42,43)39-33(26-12-18-29(44-2)19-13-26)32(35(40)27-14-20-30(45-3)21-15-27)31(25-8-6-5-7-9-25)34(39)36(41)38-23-24-10-16-28(37)17-11-24/h5-21,31-34H,4,22-23H2,1-3H3,(H,38,41). The molecule has 4 atom stereocenters. The Hall–Kier alpha value is -4.54. The molecule has 46 heavy (non-hydrogen) atoms. The Bertz CT molecular complexity index is 1750.